The van der Waals surface area contributed by atoms with Crippen LogP contribution in [0.2, 0.25) is 0 Å². The van der Waals surface area contributed by atoms with Crippen molar-refractivity contribution in [3.63, 3.8) is 0 Å². The molecule has 1 unspecified atom stereocenters. The van der Waals surface area contributed by atoms with Crippen molar-refractivity contribution in [2.45, 2.75) is 20.0 Å². The number of aliphatic imine (C=N–C) groups is 1. The van der Waals surface area contributed by atoms with Crippen molar-refractivity contribution < 1.29 is 14.2 Å². The fourth-order valence-corrected chi connectivity index (χ4v) is 1.85. The Morgan fingerprint density at radius 1 is 1.43 bits per heavy atom. The van der Waals surface area contributed by atoms with Gasteiger partial charge in [-0.15, -0.1) is 0 Å². The van der Waals surface area contributed by atoms with Gasteiger partial charge in [0, 0.05) is 17.3 Å². The minimum Gasteiger partial charge on any atom is -0.490 e. The first-order valence-corrected chi connectivity index (χ1v) is 6.89. The number of hydrogen-bond acceptors (Lipinski definition) is 4. The minimum atomic E-state index is 0.234. The summed E-state index contributed by atoms with van der Waals surface area (Å²) in [5.41, 5.74) is 2.92. The number of hydrogen-bond donors (Lipinski definition) is 0. The zero-order chi connectivity index (χ0) is 15.2. The Kier molecular flexibility index (Phi) is 5.17. The molecule has 2 rings (SSSR count). The van der Waals surface area contributed by atoms with E-state index >= 15 is 0 Å². The topological polar surface area (TPSA) is 43.4 Å². The van der Waals surface area contributed by atoms with Crippen molar-refractivity contribution >= 4 is 12.8 Å². The third-order valence-electron chi connectivity index (χ3n) is 3.07. The third kappa shape index (κ3) is 4.46. The molecule has 21 heavy (non-hydrogen) atoms. The fraction of sp³-hybridized carbons (Fsp3) is 0.353. The highest BCUT2D eigenvalue weighted by Crippen LogP contribution is 2.32. The standard InChI is InChI=1S/C17H21NO3/c1-12(2)9-20-17-6-5-16(21-11-14-10-19-14)13(3)15(17)7-8-18-4/h5-8,14H,1,4,9-11H2,2-3H3/b8-7-. The molecule has 1 atom stereocenters. The molecular weight excluding hydrogens is 266 g/mol. The minimum absolute atomic E-state index is 0.234. The lowest BCUT2D eigenvalue weighted by molar-refractivity contribution is 0.261. The summed E-state index contributed by atoms with van der Waals surface area (Å²) in [4.78, 5) is 3.76. The Morgan fingerprint density at radius 2 is 2.14 bits per heavy atom. The van der Waals surface area contributed by atoms with Gasteiger partial charge < -0.3 is 14.2 Å². The summed E-state index contributed by atoms with van der Waals surface area (Å²) in [6.07, 6.45) is 3.75. The lowest BCUT2D eigenvalue weighted by Crippen LogP contribution is -2.06. The van der Waals surface area contributed by atoms with Crippen LogP contribution in [0.25, 0.3) is 6.08 Å². The third-order valence-corrected chi connectivity index (χ3v) is 3.07. The number of ether oxygens (including phenoxy) is 3. The first-order valence-electron chi connectivity index (χ1n) is 6.89. The van der Waals surface area contributed by atoms with Crippen molar-refractivity contribution in [3.8, 4) is 11.5 Å². The number of epoxide rings is 1. The second-order valence-electron chi connectivity index (χ2n) is 5.11. The molecule has 4 nitrogen and oxygen atoms in total. The Morgan fingerprint density at radius 3 is 2.76 bits per heavy atom. The van der Waals surface area contributed by atoms with Crippen LogP contribution in [0.15, 0.2) is 35.5 Å². The summed E-state index contributed by atoms with van der Waals surface area (Å²) >= 11 is 0. The van der Waals surface area contributed by atoms with Gasteiger partial charge in [-0.05, 0) is 44.3 Å². The molecule has 0 aromatic heterocycles. The van der Waals surface area contributed by atoms with Gasteiger partial charge in [0.2, 0.25) is 0 Å². The molecule has 1 aromatic carbocycles. The Hall–Kier alpha value is -2.07. The Balaban J connectivity index is 2.22. The molecule has 1 saturated heterocycles. The SMILES string of the molecule is C=N/C=C\c1c(OCC(=C)C)ccc(OCC2CO2)c1C. The van der Waals surface area contributed by atoms with Crippen LogP contribution in [-0.4, -0.2) is 32.6 Å². The van der Waals surface area contributed by atoms with Gasteiger partial charge in [-0.2, -0.15) is 0 Å². The predicted molar refractivity (Wildman–Crippen MR) is 85.3 cm³/mol. The van der Waals surface area contributed by atoms with E-state index in [-0.39, 0.29) is 6.10 Å². The molecule has 1 aromatic rings. The quantitative estimate of drug-likeness (QED) is 0.418. The summed E-state index contributed by atoms with van der Waals surface area (Å²) in [6.45, 7) is 13.1. The van der Waals surface area contributed by atoms with Crippen LogP contribution >= 0.6 is 0 Å². The summed E-state index contributed by atoms with van der Waals surface area (Å²) in [6, 6.07) is 3.83. The molecule has 1 heterocycles. The van der Waals surface area contributed by atoms with E-state index < -0.39 is 0 Å². The molecule has 4 heteroatoms. The Labute approximate surface area is 125 Å². The molecule has 0 radical (unpaired) electrons. The average molecular weight is 287 g/mol. The first kappa shape index (κ1) is 15.3. The molecule has 112 valence electrons. The van der Waals surface area contributed by atoms with Gasteiger partial charge in [-0.3, -0.25) is 4.99 Å². The first-order chi connectivity index (χ1) is 10.1. The van der Waals surface area contributed by atoms with Gasteiger partial charge in [0.05, 0.1) is 6.61 Å². The highest BCUT2D eigenvalue weighted by atomic mass is 16.6. The maximum absolute atomic E-state index is 5.78. The van der Waals surface area contributed by atoms with E-state index in [1.807, 2.05) is 32.1 Å². The summed E-state index contributed by atoms with van der Waals surface area (Å²) < 4.78 is 16.7. The number of rotatable bonds is 8. The molecule has 0 N–H and O–H groups in total. The van der Waals surface area contributed by atoms with Crippen LogP contribution in [0.1, 0.15) is 18.1 Å². The average Bonchev–Trinajstić information content (AvgIpc) is 3.27. The van der Waals surface area contributed by atoms with Crippen LogP contribution in [-0.2, 0) is 4.74 Å². The largest absolute Gasteiger partial charge is 0.490 e. The monoisotopic (exact) mass is 287 g/mol. The van der Waals surface area contributed by atoms with Gasteiger partial charge in [-0.1, -0.05) is 6.58 Å². The maximum Gasteiger partial charge on any atom is 0.127 e. The highest BCUT2D eigenvalue weighted by Gasteiger charge is 2.23. The van der Waals surface area contributed by atoms with Crippen LogP contribution < -0.4 is 9.47 Å². The highest BCUT2D eigenvalue weighted by molar-refractivity contribution is 5.64. The van der Waals surface area contributed by atoms with Crippen LogP contribution in [0.4, 0.5) is 0 Å². The smallest absolute Gasteiger partial charge is 0.127 e. The summed E-state index contributed by atoms with van der Waals surface area (Å²) in [5, 5.41) is 0. The van der Waals surface area contributed by atoms with Gasteiger partial charge in [-0.25, -0.2) is 0 Å². The van der Waals surface area contributed by atoms with Gasteiger partial charge >= 0.3 is 0 Å². The van der Waals surface area contributed by atoms with Crippen molar-refractivity contribution in [2.24, 2.45) is 4.99 Å². The second-order valence-corrected chi connectivity index (χ2v) is 5.11. The molecule has 0 saturated carbocycles. The van der Waals surface area contributed by atoms with Gasteiger partial charge in [0.1, 0.15) is 30.8 Å². The lowest BCUT2D eigenvalue weighted by atomic mass is 10.1. The summed E-state index contributed by atoms with van der Waals surface area (Å²) in [7, 11) is 0. The van der Waals surface area contributed by atoms with Crippen LogP contribution in [0, 0.1) is 6.92 Å². The van der Waals surface area contributed by atoms with E-state index in [2.05, 4.69) is 18.3 Å². The second kappa shape index (κ2) is 7.09. The van der Waals surface area contributed by atoms with Crippen LogP contribution in [0.5, 0.6) is 11.5 Å². The molecule has 0 amide bonds. The Bertz CT molecular complexity index is 559. The molecule has 0 aliphatic carbocycles. The fourth-order valence-electron chi connectivity index (χ4n) is 1.85. The van der Waals surface area contributed by atoms with E-state index in [9.17, 15) is 0 Å². The van der Waals surface area contributed by atoms with E-state index in [0.717, 1.165) is 34.8 Å². The predicted octanol–water partition coefficient (Wildman–Crippen LogP) is 3.40. The number of benzene rings is 1. The van der Waals surface area contributed by atoms with Crippen molar-refractivity contribution in [1.29, 1.82) is 0 Å². The van der Waals surface area contributed by atoms with Gasteiger partial charge in [0.15, 0.2) is 0 Å². The maximum atomic E-state index is 5.78. The molecule has 1 aliphatic heterocycles. The van der Waals surface area contributed by atoms with E-state index in [1.54, 1.807) is 6.20 Å². The molecule has 1 fully saturated rings. The van der Waals surface area contributed by atoms with E-state index in [1.165, 1.54) is 0 Å². The van der Waals surface area contributed by atoms with Crippen LogP contribution in [0.3, 0.4) is 0 Å². The van der Waals surface area contributed by atoms with Crippen molar-refractivity contribution in [1.82, 2.24) is 0 Å². The normalized spacial score (nSPS) is 16.8. The molecule has 0 spiro atoms. The molecule has 1 aliphatic rings. The zero-order valence-corrected chi connectivity index (χ0v) is 12.6. The van der Waals surface area contributed by atoms with Gasteiger partial charge in [0.25, 0.3) is 0 Å². The van der Waals surface area contributed by atoms with Crippen molar-refractivity contribution in [3.05, 3.63) is 41.6 Å². The lowest BCUT2D eigenvalue weighted by Gasteiger charge is -2.15. The molecular formula is C17H21NO3. The van der Waals surface area contributed by atoms with Crippen molar-refractivity contribution in [2.75, 3.05) is 19.8 Å². The molecule has 0 bridgehead atoms. The summed E-state index contributed by atoms with van der Waals surface area (Å²) in [5.74, 6) is 1.61. The number of nitrogens with zero attached hydrogens (tertiary/aromatic N) is 1. The van der Waals surface area contributed by atoms with E-state index in [0.29, 0.717) is 13.2 Å². The zero-order valence-electron chi connectivity index (χ0n) is 12.6. The van der Waals surface area contributed by atoms with E-state index in [4.69, 9.17) is 14.2 Å².